The molecule has 1 aliphatic carbocycles. The molecule has 28 heteroatoms. The minimum absolute atomic E-state index is 0.0523. The second-order valence-corrected chi connectivity index (χ2v) is 29.1. The molecule has 0 radical (unpaired) electrons. The SMILES string of the molecule is COc1cc2c(cc1C(=O)N1CCc3c(cnn3-c3ccccc3Cl)C1)C(C(=O)C(=O)N(C)C)=CC2.Cc1ccccc1-n1ncc2c1CCN(C(=O)c1cc3c(C(=O)C(=O)N(C)C)cn(C)c3cc1Cl)C2.O=C(NC1CCNCC1)c1nn(-c2ccc(F)cc2Cl)c2c1CN(C(=O)c1c[nH]c3ccccc13)CC2. The van der Waals surface area contributed by atoms with E-state index < -0.39 is 29.2 Å². The number of allylic oxidation sites excluding steroid dienone is 1. The molecule has 6 amide bonds. The number of amides is 6. The molecule has 0 spiro atoms. The molecule has 5 aliphatic rings. The molecule has 0 atom stereocenters. The Kier molecular flexibility index (Phi) is 21.1. The monoisotopic (exact) mass is 1530 g/mol. The number of carbonyl (C=O) groups is 8. The number of H-pyrrole nitrogens is 1. The second kappa shape index (κ2) is 31.0. The molecule has 4 aliphatic heterocycles. The van der Waals surface area contributed by atoms with E-state index in [-0.39, 0.29) is 52.5 Å². The number of para-hydroxylation sites is 3. The van der Waals surface area contributed by atoms with E-state index in [9.17, 15) is 42.7 Å². The predicted molar refractivity (Wildman–Crippen MR) is 412 cm³/mol. The smallest absolute Gasteiger partial charge is 0.294 e. The first kappa shape index (κ1) is 74.3. The minimum atomic E-state index is -0.627. The third-order valence-corrected chi connectivity index (χ3v) is 21.5. The normalized spacial score (nSPS) is 14.4. The number of hydrogen-bond donors (Lipinski definition) is 3. The minimum Gasteiger partial charge on any atom is -0.496 e. The Bertz CT molecular complexity index is 5570. The summed E-state index contributed by atoms with van der Waals surface area (Å²) in [5, 5.41) is 22.7. The zero-order chi connectivity index (χ0) is 76.8. The van der Waals surface area contributed by atoms with Crippen molar-refractivity contribution in [2.75, 3.05) is 68.0 Å². The standard InChI is InChI=1S/C27H26ClFN6O2.C27H26ClN5O3.C27H25ClN4O4/c28-21-13-16(29)5-6-24(21)35-23-9-12-34(27(37)19-14-31-22-4-2-1-3-18(19)22)15-20(23)25(33-35)26(36)32-17-7-10-30-11-8-17;1-16-7-5-6-8-22(16)33-23-9-10-32(14-17(23)13-29-33)26(35)19-11-18-20(25(34)27(36)30(2)3)15-31(4)24(18)12-21(19)28;1-30(2)27(35)25(33)18-9-8-16-12-24(36-3)20(13-19(16)18)26(34)31-11-10-22-17(15-31)14-29-32(22)23-7-5-4-6-21(23)28/h1-6,13-14,17,30-31H,7-12,15H2,(H,32,36);5-8,11-13,15H,9-10,14H2,1-4H3;4-7,9,12-14H,8,10-11,15H2,1-3H3. The van der Waals surface area contributed by atoms with Gasteiger partial charge < -0.3 is 49.4 Å². The molecule has 0 saturated carbocycles. The zero-order valence-electron chi connectivity index (χ0n) is 60.9. The quantitative estimate of drug-likeness (QED) is 0.0717. The number of aromatic amines is 1. The number of fused-ring (bicyclic) bond motifs is 6. The lowest BCUT2D eigenvalue weighted by atomic mass is 9.97. The number of halogens is 4. The van der Waals surface area contributed by atoms with Gasteiger partial charge in [0.05, 0.1) is 103 Å². The fourth-order valence-corrected chi connectivity index (χ4v) is 15.5. The van der Waals surface area contributed by atoms with Crippen LogP contribution < -0.4 is 15.4 Å². The van der Waals surface area contributed by atoms with Gasteiger partial charge in [-0.05, 0) is 123 Å². The van der Waals surface area contributed by atoms with Gasteiger partial charge >= 0.3 is 0 Å². The lowest BCUT2D eigenvalue weighted by molar-refractivity contribution is -0.139. The van der Waals surface area contributed by atoms with Crippen molar-refractivity contribution in [3.8, 4) is 22.8 Å². The van der Waals surface area contributed by atoms with Crippen LogP contribution in [-0.2, 0) is 66.7 Å². The number of rotatable bonds is 13. The highest BCUT2D eigenvalue weighted by atomic mass is 35.5. The molecule has 24 nitrogen and oxygen atoms in total. The average molecular weight is 1530 g/mol. The van der Waals surface area contributed by atoms with Gasteiger partial charge in [-0.1, -0.05) is 89.4 Å². The summed E-state index contributed by atoms with van der Waals surface area (Å²) in [6.07, 6.45) is 12.6. The predicted octanol–water partition coefficient (Wildman–Crippen LogP) is 11.0. The highest BCUT2D eigenvalue weighted by Gasteiger charge is 2.36. The van der Waals surface area contributed by atoms with Gasteiger partial charge in [0.1, 0.15) is 11.6 Å². The lowest BCUT2D eigenvalue weighted by Crippen LogP contribution is -2.43. The molecule has 6 aromatic carbocycles. The lowest BCUT2D eigenvalue weighted by Gasteiger charge is -2.28. The van der Waals surface area contributed by atoms with Crippen molar-refractivity contribution >= 4 is 109 Å². The number of Topliss-reactive ketones (excluding diaryl/α,β-unsaturated/α-hetero) is 2. The van der Waals surface area contributed by atoms with Gasteiger partial charge in [-0.25, -0.2) is 18.4 Å². The van der Waals surface area contributed by atoms with E-state index in [0.717, 1.165) is 87.5 Å². The number of methoxy groups -OCH3 is 1. The molecule has 0 unspecified atom stereocenters. The Morgan fingerprint density at radius 1 is 0.596 bits per heavy atom. The highest BCUT2D eigenvalue weighted by molar-refractivity contribution is 6.53. The molecule has 3 N–H and O–H groups in total. The van der Waals surface area contributed by atoms with Gasteiger partial charge in [0, 0.05) is 144 Å². The number of likely N-dealkylation sites (N-methyl/N-ethyl adjacent to an activating group) is 2. The third kappa shape index (κ3) is 14.5. The molecule has 109 heavy (non-hydrogen) atoms. The van der Waals surface area contributed by atoms with Crippen LogP contribution in [0, 0.1) is 12.7 Å². The average Bonchev–Trinajstić information content (AvgIpc) is 1.64. The second-order valence-electron chi connectivity index (χ2n) is 27.8. The Labute approximate surface area is 641 Å². The van der Waals surface area contributed by atoms with Crippen molar-refractivity contribution in [3.63, 3.8) is 0 Å². The van der Waals surface area contributed by atoms with Crippen molar-refractivity contribution < 1.29 is 47.5 Å². The Morgan fingerprint density at radius 3 is 1.85 bits per heavy atom. The fourth-order valence-electron chi connectivity index (χ4n) is 14.8. The van der Waals surface area contributed by atoms with Gasteiger partial charge in [0.25, 0.3) is 47.0 Å². The van der Waals surface area contributed by atoms with E-state index in [2.05, 4.69) is 43.9 Å². The molecular weight excluding hydrogens is 1450 g/mol. The van der Waals surface area contributed by atoms with Gasteiger partial charge in [-0.15, -0.1) is 0 Å². The highest BCUT2D eigenvalue weighted by Crippen LogP contribution is 2.38. The molecule has 9 heterocycles. The number of piperidine rings is 1. The number of aromatic nitrogens is 8. The molecule has 16 rings (SSSR count). The largest absolute Gasteiger partial charge is 0.496 e. The van der Waals surface area contributed by atoms with Crippen molar-refractivity contribution in [2.45, 2.75) is 71.1 Å². The number of ether oxygens (including phenoxy) is 1. The summed E-state index contributed by atoms with van der Waals surface area (Å²) in [5.41, 5.74) is 14.1. The number of aryl methyl sites for hydroxylation is 2. The van der Waals surface area contributed by atoms with Crippen LogP contribution in [-0.4, -0.2) is 184 Å². The van der Waals surface area contributed by atoms with E-state index in [1.54, 1.807) is 86.0 Å². The van der Waals surface area contributed by atoms with Crippen LogP contribution in [0.5, 0.6) is 5.75 Å². The molecule has 1 saturated heterocycles. The van der Waals surface area contributed by atoms with Crippen molar-refractivity contribution in [3.05, 3.63) is 245 Å². The summed E-state index contributed by atoms with van der Waals surface area (Å²) in [5.74, 6) is -3.26. The molecule has 5 aromatic heterocycles. The number of nitrogens with zero attached hydrogens (tertiary/aromatic N) is 12. The number of hydrogen-bond acceptors (Lipinski definition) is 13. The number of nitrogens with one attached hydrogen (secondary N) is 3. The van der Waals surface area contributed by atoms with Crippen LogP contribution >= 0.6 is 34.8 Å². The molecule has 558 valence electrons. The van der Waals surface area contributed by atoms with E-state index in [1.807, 2.05) is 82.3 Å². The van der Waals surface area contributed by atoms with Crippen molar-refractivity contribution in [1.82, 2.24) is 74.0 Å². The maximum Gasteiger partial charge on any atom is 0.294 e. The number of benzene rings is 6. The van der Waals surface area contributed by atoms with E-state index >= 15 is 0 Å². The first-order chi connectivity index (χ1) is 52.5. The summed E-state index contributed by atoms with van der Waals surface area (Å²) in [6, 6.07) is 34.2. The Morgan fingerprint density at radius 2 is 1.19 bits per heavy atom. The van der Waals surface area contributed by atoms with Crippen molar-refractivity contribution in [1.29, 1.82) is 0 Å². The maximum absolute atomic E-state index is 13.8. The van der Waals surface area contributed by atoms with Crippen LogP contribution in [0.25, 0.3) is 44.4 Å². The first-order valence-electron chi connectivity index (χ1n) is 35.6. The molecule has 11 aromatic rings. The van der Waals surface area contributed by atoms with Crippen LogP contribution in [0.1, 0.15) is 115 Å². The molecule has 0 bridgehead atoms. The van der Waals surface area contributed by atoms with Gasteiger partial charge in [0.15, 0.2) is 5.69 Å². The molecule has 1 fully saturated rings. The van der Waals surface area contributed by atoms with Crippen LogP contribution in [0.4, 0.5) is 4.39 Å². The van der Waals surface area contributed by atoms with E-state index in [0.29, 0.717) is 124 Å². The van der Waals surface area contributed by atoms with E-state index in [1.165, 1.54) is 57.2 Å². The summed E-state index contributed by atoms with van der Waals surface area (Å²) >= 11 is 19.3. The van der Waals surface area contributed by atoms with Gasteiger partial charge in [-0.2, -0.15) is 15.3 Å². The Balaban J connectivity index is 0.000000137. The van der Waals surface area contributed by atoms with E-state index in [4.69, 9.17) is 39.5 Å². The summed E-state index contributed by atoms with van der Waals surface area (Å²) in [6.45, 7) is 6.22. The third-order valence-electron chi connectivity index (χ3n) is 20.5. The molecular formula is C81H77Cl3FN15O9. The number of ketones is 2. The van der Waals surface area contributed by atoms with Crippen LogP contribution in [0.15, 0.2) is 146 Å². The van der Waals surface area contributed by atoms with Gasteiger partial charge in [-0.3, -0.25) is 38.4 Å². The summed E-state index contributed by atoms with van der Waals surface area (Å²) in [4.78, 5) is 115. The number of carbonyl (C=O) groups excluding carboxylic acids is 8. The Hall–Kier alpha value is -11.5. The topological polar surface area (TPSA) is 260 Å². The van der Waals surface area contributed by atoms with Gasteiger partial charge in [0.2, 0.25) is 0 Å². The zero-order valence-corrected chi connectivity index (χ0v) is 63.2. The fraction of sp³-hybridized carbons (Fsp3) is 0.272. The van der Waals surface area contributed by atoms with Crippen LogP contribution in [0.3, 0.4) is 0 Å². The van der Waals surface area contributed by atoms with Crippen molar-refractivity contribution in [2.24, 2.45) is 7.05 Å². The summed E-state index contributed by atoms with van der Waals surface area (Å²) < 4.78 is 26.4. The first-order valence-corrected chi connectivity index (χ1v) is 36.8. The summed E-state index contributed by atoms with van der Waals surface area (Å²) in [7, 11) is 9.43. The maximum atomic E-state index is 13.8. The van der Waals surface area contributed by atoms with Crippen LogP contribution in [0.2, 0.25) is 15.1 Å².